The summed E-state index contributed by atoms with van der Waals surface area (Å²) in [5, 5.41) is 2.94. The monoisotopic (exact) mass is 283 g/mol. The fraction of sp³-hybridized carbons (Fsp3) is 0.231. The van der Waals surface area contributed by atoms with E-state index in [9.17, 15) is 13.2 Å². The molecule has 0 aliphatic rings. The van der Waals surface area contributed by atoms with Crippen LogP contribution in [-0.4, -0.2) is 16.5 Å². The summed E-state index contributed by atoms with van der Waals surface area (Å²) in [5.41, 5.74) is -0.772. The largest absolute Gasteiger partial charge is 0.437 e. The topological polar surface area (TPSA) is 47.0 Å². The first-order valence-corrected chi connectivity index (χ1v) is 5.90. The van der Waals surface area contributed by atoms with E-state index in [1.807, 2.05) is 6.92 Å². The Balaban J connectivity index is 2.19. The highest BCUT2D eigenvalue weighted by Crippen LogP contribution is 2.32. The van der Waals surface area contributed by atoms with Crippen molar-refractivity contribution < 1.29 is 17.9 Å². The summed E-state index contributed by atoms with van der Waals surface area (Å²) in [6, 6.07) is 4.60. The third-order valence-corrected chi connectivity index (χ3v) is 2.35. The number of hydrogen-bond donors (Lipinski definition) is 1. The molecule has 0 bridgehead atoms. The molecule has 0 unspecified atom stereocenters. The summed E-state index contributed by atoms with van der Waals surface area (Å²) in [7, 11) is 0. The van der Waals surface area contributed by atoms with E-state index in [0.717, 1.165) is 12.1 Å². The van der Waals surface area contributed by atoms with Crippen LogP contribution in [0.4, 0.5) is 19.0 Å². The van der Waals surface area contributed by atoms with Gasteiger partial charge in [-0.2, -0.15) is 18.2 Å². The van der Waals surface area contributed by atoms with Crippen LogP contribution in [0.3, 0.4) is 0 Å². The zero-order chi connectivity index (χ0) is 14.6. The maximum atomic E-state index is 12.6. The van der Waals surface area contributed by atoms with Crippen molar-refractivity contribution in [2.45, 2.75) is 13.1 Å². The molecule has 1 N–H and O–H groups in total. The van der Waals surface area contributed by atoms with Crippen LogP contribution in [0.25, 0.3) is 0 Å². The third-order valence-electron chi connectivity index (χ3n) is 2.35. The maximum Gasteiger partial charge on any atom is 0.416 e. The molecule has 1 aromatic heterocycles. The van der Waals surface area contributed by atoms with Gasteiger partial charge in [0.15, 0.2) is 0 Å². The van der Waals surface area contributed by atoms with Crippen LogP contribution in [0.15, 0.2) is 36.7 Å². The van der Waals surface area contributed by atoms with Crippen LogP contribution in [0, 0.1) is 0 Å². The number of halogens is 3. The minimum atomic E-state index is -4.41. The molecule has 2 aromatic rings. The molecule has 0 amide bonds. The molecule has 1 heterocycles. The Morgan fingerprint density at radius 1 is 1.25 bits per heavy atom. The molecule has 20 heavy (non-hydrogen) atoms. The molecule has 1 aromatic carbocycles. The minimum absolute atomic E-state index is 0.0581. The van der Waals surface area contributed by atoms with Crippen molar-refractivity contribution in [3.05, 3.63) is 42.2 Å². The van der Waals surface area contributed by atoms with Gasteiger partial charge >= 0.3 is 6.18 Å². The van der Waals surface area contributed by atoms with E-state index in [2.05, 4.69) is 15.3 Å². The summed E-state index contributed by atoms with van der Waals surface area (Å²) in [6.45, 7) is 2.55. The quantitative estimate of drug-likeness (QED) is 0.929. The van der Waals surface area contributed by atoms with Gasteiger partial charge in [-0.25, -0.2) is 0 Å². The number of ether oxygens (including phenoxy) is 1. The standard InChI is InChI=1S/C13H12F3N3O/c1-2-18-11-7-17-8-12(19-11)20-10-5-3-4-9(6-10)13(14,15)16/h3-8H,2H2,1H3,(H,18,19). The highest BCUT2D eigenvalue weighted by Gasteiger charge is 2.30. The van der Waals surface area contributed by atoms with Gasteiger partial charge < -0.3 is 10.1 Å². The molecular formula is C13H12F3N3O. The summed E-state index contributed by atoms with van der Waals surface area (Å²) in [6.07, 6.45) is -1.57. The van der Waals surface area contributed by atoms with Gasteiger partial charge in [-0.15, -0.1) is 0 Å². The SMILES string of the molecule is CCNc1cncc(Oc2cccc(C(F)(F)F)c2)n1. The number of benzene rings is 1. The Labute approximate surface area is 113 Å². The van der Waals surface area contributed by atoms with Crippen molar-refractivity contribution >= 4 is 5.82 Å². The van der Waals surface area contributed by atoms with Crippen molar-refractivity contribution in [2.75, 3.05) is 11.9 Å². The number of hydrogen-bond acceptors (Lipinski definition) is 4. The molecule has 0 aliphatic heterocycles. The fourth-order valence-electron chi connectivity index (χ4n) is 1.52. The lowest BCUT2D eigenvalue weighted by Crippen LogP contribution is -2.05. The first-order chi connectivity index (χ1) is 9.49. The third kappa shape index (κ3) is 3.59. The van der Waals surface area contributed by atoms with Crippen molar-refractivity contribution in [1.29, 1.82) is 0 Å². The van der Waals surface area contributed by atoms with Gasteiger partial charge in [-0.05, 0) is 25.1 Å². The zero-order valence-electron chi connectivity index (χ0n) is 10.6. The molecule has 4 nitrogen and oxygen atoms in total. The molecule has 7 heteroatoms. The zero-order valence-corrected chi connectivity index (χ0v) is 10.6. The number of nitrogens with zero attached hydrogens (tertiary/aromatic N) is 2. The Bertz CT molecular complexity index is 587. The molecule has 0 atom stereocenters. The van der Waals surface area contributed by atoms with Gasteiger partial charge in [0.1, 0.15) is 11.6 Å². The van der Waals surface area contributed by atoms with Crippen LogP contribution in [-0.2, 0) is 6.18 Å². The molecule has 0 fully saturated rings. The van der Waals surface area contributed by atoms with Gasteiger partial charge in [0.25, 0.3) is 0 Å². The van der Waals surface area contributed by atoms with Gasteiger partial charge in [-0.3, -0.25) is 4.98 Å². The average Bonchev–Trinajstić information content (AvgIpc) is 2.39. The van der Waals surface area contributed by atoms with Gasteiger partial charge in [-0.1, -0.05) is 6.07 Å². The van der Waals surface area contributed by atoms with E-state index in [4.69, 9.17) is 4.74 Å². The second-order valence-corrected chi connectivity index (χ2v) is 3.90. The Hall–Kier alpha value is -2.31. The maximum absolute atomic E-state index is 12.6. The van der Waals surface area contributed by atoms with Crippen LogP contribution in [0.5, 0.6) is 11.6 Å². The van der Waals surface area contributed by atoms with Gasteiger partial charge in [0, 0.05) is 6.54 Å². The fourth-order valence-corrected chi connectivity index (χ4v) is 1.52. The first-order valence-electron chi connectivity index (χ1n) is 5.90. The highest BCUT2D eigenvalue weighted by atomic mass is 19.4. The molecular weight excluding hydrogens is 271 g/mol. The van der Waals surface area contributed by atoms with E-state index in [-0.39, 0.29) is 11.6 Å². The van der Waals surface area contributed by atoms with Crippen LogP contribution in [0.2, 0.25) is 0 Å². The highest BCUT2D eigenvalue weighted by molar-refractivity contribution is 5.36. The first kappa shape index (κ1) is 14.1. The molecule has 0 saturated heterocycles. The summed E-state index contributed by atoms with van der Waals surface area (Å²) in [5.74, 6) is 0.683. The lowest BCUT2D eigenvalue weighted by molar-refractivity contribution is -0.137. The number of alkyl halides is 3. The van der Waals surface area contributed by atoms with Crippen LogP contribution in [0.1, 0.15) is 12.5 Å². The molecule has 2 rings (SSSR count). The van der Waals surface area contributed by atoms with E-state index in [1.54, 1.807) is 0 Å². The van der Waals surface area contributed by atoms with E-state index in [0.29, 0.717) is 12.4 Å². The van der Waals surface area contributed by atoms with Crippen LogP contribution >= 0.6 is 0 Å². The van der Waals surface area contributed by atoms with Gasteiger partial charge in [0.05, 0.1) is 18.0 Å². The summed E-state index contributed by atoms with van der Waals surface area (Å²) in [4.78, 5) is 7.97. The van der Waals surface area contributed by atoms with Crippen molar-refractivity contribution in [3.8, 4) is 11.6 Å². The van der Waals surface area contributed by atoms with E-state index >= 15 is 0 Å². The average molecular weight is 283 g/mol. The predicted molar refractivity (Wildman–Crippen MR) is 67.7 cm³/mol. The lowest BCUT2D eigenvalue weighted by Gasteiger charge is -2.10. The Morgan fingerprint density at radius 3 is 2.75 bits per heavy atom. The number of rotatable bonds is 4. The molecule has 106 valence electrons. The predicted octanol–water partition coefficient (Wildman–Crippen LogP) is 3.72. The van der Waals surface area contributed by atoms with E-state index in [1.165, 1.54) is 24.5 Å². The number of aromatic nitrogens is 2. The molecule has 0 saturated carbocycles. The smallest absolute Gasteiger partial charge is 0.416 e. The van der Waals surface area contributed by atoms with E-state index < -0.39 is 11.7 Å². The lowest BCUT2D eigenvalue weighted by atomic mass is 10.2. The van der Waals surface area contributed by atoms with Gasteiger partial charge in [0.2, 0.25) is 5.88 Å². The van der Waals surface area contributed by atoms with Crippen molar-refractivity contribution in [2.24, 2.45) is 0 Å². The summed E-state index contributed by atoms with van der Waals surface area (Å²) < 4.78 is 43.0. The Kier molecular flexibility index (Phi) is 4.07. The second kappa shape index (κ2) is 5.77. The molecule has 0 aliphatic carbocycles. The Morgan fingerprint density at radius 2 is 2.05 bits per heavy atom. The van der Waals surface area contributed by atoms with Crippen molar-refractivity contribution in [1.82, 2.24) is 9.97 Å². The van der Waals surface area contributed by atoms with Crippen LogP contribution < -0.4 is 10.1 Å². The van der Waals surface area contributed by atoms with Crippen molar-refractivity contribution in [3.63, 3.8) is 0 Å². The number of nitrogens with one attached hydrogen (secondary N) is 1. The molecule has 0 radical (unpaired) electrons. The minimum Gasteiger partial charge on any atom is -0.437 e. The normalized spacial score (nSPS) is 11.2. The number of anilines is 1. The second-order valence-electron chi connectivity index (χ2n) is 3.90. The molecule has 0 spiro atoms. The summed E-state index contributed by atoms with van der Waals surface area (Å²) >= 11 is 0.